The Morgan fingerprint density at radius 3 is 2.71 bits per heavy atom. The molecule has 2 aromatic carbocycles. The van der Waals surface area contributed by atoms with Crippen molar-refractivity contribution in [3.8, 4) is 0 Å². The molecule has 17 heavy (non-hydrogen) atoms. The van der Waals surface area contributed by atoms with E-state index in [1.54, 1.807) is 0 Å². The molecule has 0 aliphatic rings. The van der Waals surface area contributed by atoms with Gasteiger partial charge in [0.05, 0.1) is 10.2 Å². The molecule has 78 valence electrons. The molecule has 0 unspecified atom stereocenters. The van der Waals surface area contributed by atoms with Crippen LogP contribution in [0.2, 0.25) is 0 Å². The molecule has 5 heteroatoms. The number of carbonyl (C=O) groups is 1. The smallest absolute Gasteiger partial charge is 0.542 e. The molecular formula is C12H6KNO2S. The summed E-state index contributed by atoms with van der Waals surface area (Å²) in [4.78, 5) is 14.8. The van der Waals surface area contributed by atoms with Crippen LogP contribution >= 0.6 is 11.3 Å². The fourth-order valence-corrected chi connectivity index (χ4v) is 2.57. The van der Waals surface area contributed by atoms with Crippen molar-refractivity contribution in [2.24, 2.45) is 0 Å². The number of hydrogen-bond donors (Lipinski definition) is 0. The zero-order valence-corrected chi connectivity index (χ0v) is 13.1. The number of carboxylic acids is 1. The summed E-state index contributed by atoms with van der Waals surface area (Å²) in [6, 6.07) is 11.6. The number of nitrogens with zero attached hydrogens (tertiary/aromatic N) is 1. The molecule has 0 saturated heterocycles. The van der Waals surface area contributed by atoms with Gasteiger partial charge < -0.3 is 9.90 Å². The molecule has 3 rings (SSSR count). The van der Waals surface area contributed by atoms with Crippen LogP contribution in [0, 0.1) is 0 Å². The minimum Gasteiger partial charge on any atom is -0.542 e. The molecule has 0 N–H and O–H groups in total. The van der Waals surface area contributed by atoms with E-state index in [1.165, 1.54) is 0 Å². The summed E-state index contributed by atoms with van der Waals surface area (Å²) < 4.78 is 0.873. The van der Waals surface area contributed by atoms with Gasteiger partial charge in [-0.1, -0.05) is 30.3 Å². The van der Waals surface area contributed by atoms with E-state index in [0.717, 1.165) is 32.3 Å². The van der Waals surface area contributed by atoms with Crippen LogP contribution in [0.3, 0.4) is 0 Å². The maximum Gasteiger partial charge on any atom is 1.00 e. The summed E-state index contributed by atoms with van der Waals surface area (Å²) in [5.74, 6) is -1.22. The van der Waals surface area contributed by atoms with E-state index in [-0.39, 0.29) is 56.4 Å². The number of rotatable bonds is 1. The molecule has 0 atom stereocenters. The molecule has 1 aromatic heterocycles. The van der Waals surface area contributed by atoms with Crippen molar-refractivity contribution < 1.29 is 61.3 Å². The van der Waals surface area contributed by atoms with Crippen LogP contribution in [0.5, 0.6) is 0 Å². The monoisotopic (exact) mass is 267 g/mol. The van der Waals surface area contributed by atoms with Crippen LogP contribution in [0.1, 0.15) is 9.80 Å². The Hall–Kier alpha value is -0.304. The number of carbonyl (C=O) groups excluding carboxylic acids is 1. The minimum atomic E-state index is -1.22. The Balaban J connectivity index is 0.00000108. The van der Waals surface area contributed by atoms with Crippen LogP contribution < -0.4 is 56.5 Å². The molecular weight excluding hydrogens is 261 g/mol. The topological polar surface area (TPSA) is 53.0 Å². The predicted molar refractivity (Wildman–Crippen MR) is 61.5 cm³/mol. The summed E-state index contributed by atoms with van der Waals surface area (Å²) in [6.45, 7) is 0. The average Bonchev–Trinajstić information content (AvgIpc) is 2.73. The van der Waals surface area contributed by atoms with E-state index < -0.39 is 5.97 Å². The SMILES string of the molecule is O=C([O-])c1nc2c(ccc3ccccc32)s1.[K+]. The van der Waals surface area contributed by atoms with Gasteiger partial charge in [-0.3, -0.25) is 0 Å². The van der Waals surface area contributed by atoms with Crippen molar-refractivity contribution in [3.63, 3.8) is 0 Å². The molecule has 1 heterocycles. The maximum atomic E-state index is 10.7. The van der Waals surface area contributed by atoms with Crippen molar-refractivity contribution >= 4 is 38.3 Å². The second-order valence-electron chi connectivity index (χ2n) is 3.44. The van der Waals surface area contributed by atoms with Gasteiger partial charge >= 0.3 is 51.4 Å². The molecule has 0 fully saturated rings. The molecule has 3 aromatic rings. The Morgan fingerprint density at radius 1 is 1.18 bits per heavy atom. The van der Waals surface area contributed by atoms with Gasteiger partial charge in [0.25, 0.3) is 0 Å². The predicted octanol–water partition coefficient (Wildman–Crippen LogP) is -1.18. The summed E-state index contributed by atoms with van der Waals surface area (Å²) in [6.07, 6.45) is 0. The molecule has 0 aliphatic carbocycles. The number of hydrogen-bond acceptors (Lipinski definition) is 4. The summed E-state index contributed by atoms with van der Waals surface area (Å²) >= 11 is 1.15. The first-order valence-corrected chi connectivity index (χ1v) is 5.57. The second-order valence-corrected chi connectivity index (χ2v) is 4.47. The summed E-state index contributed by atoms with van der Waals surface area (Å²) in [5, 5.41) is 12.8. The molecule has 3 nitrogen and oxygen atoms in total. The van der Waals surface area contributed by atoms with Gasteiger partial charge in [0.15, 0.2) is 0 Å². The van der Waals surface area contributed by atoms with Crippen LogP contribution in [0.4, 0.5) is 0 Å². The number of fused-ring (bicyclic) bond motifs is 3. The first kappa shape index (κ1) is 13.1. The fraction of sp³-hybridized carbons (Fsp3) is 0. The van der Waals surface area contributed by atoms with E-state index in [2.05, 4.69) is 4.98 Å². The average molecular weight is 267 g/mol. The number of benzene rings is 2. The van der Waals surface area contributed by atoms with Crippen molar-refractivity contribution in [1.29, 1.82) is 0 Å². The minimum absolute atomic E-state index is 0. The quantitative estimate of drug-likeness (QED) is 0.521. The normalized spacial score (nSPS) is 10.4. The van der Waals surface area contributed by atoms with Crippen LogP contribution in [-0.2, 0) is 0 Å². The Labute approximate surface area is 144 Å². The molecule has 0 amide bonds. The van der Waals surface area contributed by atoms with E-state index >= 15 is 0 Å². The molecule has 0 aliphatic heterocycles. The van der Waals surface area contributed by atoms with E-state index in [1.807, 2.05) is 36.4 Å². The maximum absolute atomic E-state index is 10.7. The third-order valence-corrected chi connectivity index (χ3v) is 3.46. The van der Waals surface area contributed by atoms with Crippen LogP contribution in [0.25, 0.3) is 21.0 Å². The van der Waals surface area contributed by atoms with Gasteiger partial charge in [0.2, 0.25) is 0 Å². The zero-order valence-electron chi connectivity index (χ0n) is 9.14. The van der Waals surface area contributed by atoms with Gasteiger partial charge in [0.1, 0.15) is 11.0 Å². The molecule has 0 radical (unpaired) electrons. The Morgan fingerprint density at radius 2 is 1.94 bits per heavy atom. The zero-order chi connectivity index (χ0) is 11.1. The standard InChI is InChI=1S/C12H7NO2S.K/c14-12(15)11-13-10-8-4-2-1-3-7(8)5-6-9(10)16-11;/h1-6H,(H,14,15);/q;+1/p-1. The second kappa shape index (κ2) is 5.13. The molecule has 0 spiro atoms. The fourth-order valence-electron chi connectivity index (χ4n) is 1.75. The van der Waals surface area contributed by atoms with E-state index in [9.17, 15) is 9.90 Å². The molecule has 0 bridgehead atoms. The summed E-state index contributed by atoms with van der Waals surface area (Å²) in [5.41, 5.74) is 0.738. The third-order valence-electron chi connectivity index (χ3n) is 2.46. The Bertz CT molecular complexity index is 708. The number of thiazole rings is 1. The number of carboxylic acid groups (broad SMARTS) is 1. The van der Waals surface area contributed by atoms with Crippen LogP contribution in [-0.4, -0.2) is 11.0 Å². The van der Waals surface area contributed by atoms with E-state index in [0.29, 0.717) is 0 Å². The van der Waals surface area contributed by atoms with Crippen molar-refractivity contribution in [1.82, 2.24) is 4.98 Å². The van der Waals surface area contributed by atoms with Crippen LogP contribution in [0.15, 0.2) is 36.4 Å². The summed E-state index contributed by atoms with van der Waals surface area (Å²) in [7, 11) is 0. The van der Waals surface area contributed by atoms with Gasteiger partial charge in [-0.15, -0.1) is 11.3 Å². The third kappa shape index (κ3) is 2.31. The number of aromatic nitrogens is 1. The van der Waals surface area contributed by atoms with Gasteiger partial charge in [-0.2, -0.15) is 0 Å². The van der Waals surface area contributed by atoms with Gasteiger partial charge in [-0.05, 0) is 11.5 Å². The van der Waals surface area contributed by atoms with Crippen molar-refractivity contribution in [2.45, 2.75) is 0 Å². The van der Waals surface area contributed by atoms with E-state index in [4.69, 9.17) is 0 Å². The largest absolute Gasteiger partial charge is 1.00 e. The first-order valence-electron chi connectivity index (χ1n) is 4.75. The Kier molecular flexibility index (Phi) is 3.97. The van der Waals surface area contributed by atoms with Gasteiger partial charge in [-0.25, -0.2) is 4.98 Å². The number of aromatic carboxylic acids is 1. The first-order chi connectivity index (χ1) is 7.75. The van der Waals surface area contributed by atoms with Crippen molar-refractivity contribution in [2.75, 3.05) is 0 Å². The van der Waals surface area contributed by atoms with Gasteiger partial charge in [0, 0.05) is 5.39 Å². The molecule has 0 saturated carbocycles. The van der Waals surface area contributed by atoms with Crippen molar-refractivity contribution in [3.05, 3.63) is 41.4 Å².